The van der Waals surface area contributed by atoms with Crippen LogP contribution in [0.15, 0.2) is 6.07 Å². The van der Waals surface area contributed by atoms with E-state index in [1.165, 1.54) is 6.42 Å². The van der Waals surface area contributed by atoms with E-state index >= 15 is 0 Å². The Kier molecular flexibility index (Phi) is 3.36. The van der Waals surface area contributed by atoms with Crippen LogP contribution in [0.2, 0.25) is 0 Å². The number of anilines is 1. The molecule has 1 fully saturated rings. The lowest BCUT2D eigenvalue weighted by atomic mass is 10.0. The van der Waals surface area contributed by atoms with Gasteiger partial charge in [0.1, 0.15) is 0 Å². The van der Waals surface area contributed by atoms with Crippen molar-refractivity contribution >= 4 is 11.8 Å². The second-order valence-corrected chi connectivity index (χ2v) is 4.76. The number of likely N-dealkylation sites (tertiary alicyclic amines) is 1. The van der Waals surface area contributed by atoms with Gasteiger partial charge in [-0.3, -0.25) is 10.00 Å². The van der Waals surface area contributed by atoms with E-state index in [9.17, 15) is 4.79 Å². The molecule has 5 nitrogen and oxygen atoms in total. The fraction of sp³-hybridized carbons (Fsp3) is 0.667. The van der Waals surface area contributed by atoms with E-state index in [0.717, 1.165) is 25.1 Å². The van der Waals surface area contributed by atoms with Gasteiger partial charge in [-0.1, -0.05) is 0 Å². The summed E-state index contributed by atoms with van der Waals surface area (Å²) in [5.74, 6) is 0.632. The van der Waals surface area contributed by atoms with Gasteiger partial charge < -0.3 is 4.90 Å². The molecule has 2 rings (SSSR count). The van der Waals surface area contributed by atoms with Gasteiger partial charge in [0.15, 0.2) is 5.82 Å². The van der Waals surface area contributed by atoms with Crippen molar-refractivity contribution in [3.05, 3.63) is 11.8 Å². The van der Waals surface area contributed by atoms with E-state index in [2.05, 4.69) is 17.3 Å². The maximum Gasteiger partial charge on any atom is 0.323 e. The zero-order valence-electron chi connectivity index (χ0n) is 10.7. The first-order chi connectivity index (χ1) is 8.08. The van der Waals surface area contributed by atoms with Crippen molar-refractivity contribution in [2.75, 3.05) is 11.9 Å². The Labute approximate surface area is 102 Å². The first kappa shape index (κ1) is 12.0. The Hall–Kier alpha value is -1.52. The number of piperidine rings is 1. The molecule has 1 aromatic heterocycles. The molecule has 0 saturated carbocycles. The van der Waals surface area contributed by atoms with Gasteiger partial charge in [0.25, 0.3) is 0 Å². The standard InChI is InChI=1S/C12H20N4O/c1-9-6-4-5-7-16(9)12(17)13-11-8-10(2)15(3)14-11/h8-9H,4-7H2,1-3H3,(H,13,14,17). The molecule has 1 unspecified atom stereocenters. The molecule has 94 valence electrons. The number of amides is 2. The fourth-order valence-corrected chi connectivity index (χ4v) is 2.20. The lowest BCUT2D eigenvalue weighted by molar-refractivity contribution is 0.170. The minimum absolute atomic E-state index is 0.0321. The third-order valence-corrected chi connectivity index (χ3v) is 3.41. The van der Waals surface area contributed by atoms with Crippen molar-refractivity contribution < 1.29 is 4.79 Å². The van der Waals surface area contributed by atoms with Gasteiger partial charge in [-0.2, -0.15) is 5.10 Å². The summed E-state index contributed by atoms with van der Waals surface area (Å²) in [6.07, 6.45) is 3.40. The average molecular weight is 236 g/mol. The predicted molar refractivity (Wildman–Crippen MR) is 67.0 cm³/mol. The highest BCUT2D eigenvalue weighted by Gasteiger charge is 2.23. The highest BCUT2D eigenvalue weighted by atomic mass is 16.2. The zero-order valence-corrected chi connectivity index (χ0v) is 10.7. The van der Waals surface area contributed by atoms with Crippen LogP contribution < -0.4 is 5.32 Å². The van der Waals surface area contributed by atoms with Crippen LogP contribution in [0.1, 0.15) is 31.9 Å². The molecule has 0 spiro atoms. The summed E-state index contributed by atoms with van der Waals surface area (Å²) in [7, 11) is 1.87. The zero-order chi connectivity index (χ0) is 12.4. The number of aromatic nitrogens is 2. The molecular weight excluding hydrogens is 216 g/mol. The van der Waals surface area contributed by atoms with Crippen LogP contribution >= 0.6 is 0 Å². The maximum absolute atomic E-state index is 12.1. The van der Waals surface area contributed by atoms with Crippen LogP contribution in [-0.4, -0.2) is 33.3 Å². The van der Waals surface area contributed by atoms with Gasteiger partial charge in [0.05, 0.1) is 0 Å². The summed E-state index contributed by atoms with van der Waals surface area (Å²) in [5.41, 5.74) is 1.03. The molecule has 2 amide bonds. The number of urea groups is 1. The summed E-state index contributed by atoms with van der Waals surface area (Å²) in [5, 5.41) is 7.09. The van der Waals surface area contributed by atoms with Crippen LogP contribution in [-0.2, 0) is 7.05 Å². The topological polar surface area (TPSA) is 50.2 Å². The van der Waals surface area contributed by atoms with Crippen molar-refractivity contribution in [2.24, 2.45) is 7.05 Å². The second-order valence-electron chi connectivity index (χ2n) is 4.76. The Bertz CT molecular complexity index is 393. The van der Waals surface area contributed by atoms with Crippen LogP contribution in [0.5, 0.6) is 0 Å². The van der Waals surface area contributed by atoms with Crippen LogP contribution in [0.4, 0.5) is 10.6 Å². The summed E-state index contributed by atoms with van der Waals surface area (Å²) in [6.45, 7) is 4.91. The molecule has 1 aliphatic heterocycles. The van der Waals surface area contributed by atoms with Gasteiger partial charge >= 0.3 is 6.03 Å². The van der Waals surface area contributed by atoms with Crippen molar-refractivity contribution in [2.45, 2.75) is 39.2 Å². The number of carbonyl (C=O) groups excluding carboxylic acids is 1. The first-order valence-electron chi connectivity index (χ1n) is 6.16. The van der Waals surface area contributed by atoms with Crippen molar-refractivity contribution in [3.8, 4) is 0 Å². The number of nitrogens with one attached hydrogen (secondary N) is 1. The molecule has 1 atom stereocenters. The molecule has 2 heterocycles. The van der Waals surface area contributed by atoms with Gasteiger partial charge in [-0.25, -0.2) is 4.79 Å². The van der Waals surface area contributed by atoms with E-state index in [1.54, 1.807) is 4.68 Å². The van der Waals surface area contributed by atoms with E-state index < -0.39 is 0 Å². The molecule has 1 aromatic rings. The Morgan fingerprint density at radius 3 is 2.88 bits per heavy atom. The lowest BCUT2D eigenvalue weighted by Crippen LogP contribution is -2.44. The fourth-order valence-electron chi connectivity index (χ4n) is 2.20. The van der Waals surface area contributed by atoms with E-state index in [1.807, 2.05) is 24.9 Å². The Morgan fingerprint density at radius 1 is 1.53 bits per heavy atom. The summed E-state index contributed by atoms with van der Waals surface area (Å²) >= 11 is 0. The number of hydrogen-bond donors (Lipinski definition) is 1. The number of aryl methyl sites for hydroxylation is 2. The normalized spacial score (nSPS) is 20.4. The minimum atomic E-state index is -0.0321. The maximum atomic E-state index is 12.1. The van der Waals surface area contributed by atoms with Crippen molar-refractivity contribution in [1.29, 1.82) is 0 Å². The molecule has 1 N–H and O–H groups in total. The number of nitrogens with zero attached hydrogens (tertiary/aromatic N) is 3. The molecule has 5 heteroatoms. The monoisotopic (exact) mass is 236 g/mol. The van der Waals surface area contributed by atoms with Crippen LogP contribution in [0.25, 0.3) is 0 Å². The summed E-state index contributed by atoms with van der Waals surface area (Å²) in [4.78, 5) is 14.0. The molecular formula is C12H20N4O. The van der Waals surface area contributed by atoms with Crippen molar-refractivity contribution in [1.82, 2.24) is 14.7 Å². The third-order valence-electron chi connectivity index (χ3n) is 3.41. The molecule has 1 aliphatic rings. The van der Waals surface area contributed by atoms with Gasteiger partial charge in [0.2, 0.25) is 0 Å². The quantitative estimate of drug-likeness (QED) is 0.812. The predicted octanol–water partition coefficient (Wildman–Crippen LogP) is 2.13. The Morgan fingerprint density at radius 2 is 2.29 bits per heavy atom. The van der Waals surface area contributed by atoms with Crippen LogP contribution in [0.3, 0.4) is 0 Å². The highest BCUT2D eigenvalue weighted by Crippen LogP contribution is 2.17. The average Bonchev–Trinajstić information content (AvgIpc) is 2.58. The summed E-state index contributed by atoms with van der Waals surface area (Å²) in [6, 6.07) is 2.18. The SMILES string of the molecule is Cc1cc(NC(=O)N2CCCCC2C)nn1C. The van der Waals surface area contributed by atoms with E-state index in [4.69, 9.17) is 0 Å². The third kappa shape index (κ3) is 2.60. The number of hydrogen-bond acceptors (Lipinski definition) is 2. The summed E-state index contributed by atoms with van der Waals surface area (Å²) < 4.78 is 1.76. The second kappa shape index (κ2) is 4.77. The molecule has 0 radical (unpaired) electrons. The Balaban J connectivity index is 2.00. The van der Waals surface area contributed by atoms with Gasteiger partial charge in [-0.05, 0) is 33.1 Å². The lowest BCUT2D eigenvalue weighted by Gasteiger charge is -2.33. The van der Waals surface area contributed by atoms with Gasteiger partial charge in [0, 0.05) is 31.4 Å². The molecule has 0 aromatic carbocycles. The number of rotatable bonds is 1. The largest absolute Gasteiger partial charge is 0.323 e. The van der Waals surface area contributed by atoms with E-state index in [-0.39, 0.29) is 6.03 Å². The van der Waals surface area contributed by atoms with E-state index in [0.29, 0.717) is 11.9 Å². The molecule has 17 heavy (non-hydrogen) atoms. The number of carbonyl (C=O) groups is 1. The van der Waals surface area contributed by atoms with Crippen LogP contribution in [0, 0.1) is 6.92 Å². The molecule has 1 saturated heterocycles. The molecule has 0 bridgehead atoms. The highest BCUT2D eigenvalue weighted by molar-refractivity contribution is 5.88. The van der Waals surface area contributed by atoms with Gasteiger partial charge in [-0.15, -0.1) is 0 Å². The minimum Gasteiger partial charge on any atom is -0.322 e. The van der Waals surface area contributed by atoms with Crippen molar-refractivity contribution in [3.63, 3.8) is 0 Å². The smallest absolute Gasteiger partial charge is 0.322 e. The first-order valence-corrected chi connectivity index (χ1v) is 6.16. The molecule has 0 aliphatic carbocycles.